The number of hydrogen-bond donors (Lipinski definition) is 1. The van der Waals surface area contributed by atoms with Crippen LogP contribution in [0.5, 0.6) is 11.5 Å². The molecule has 0 atom stereocenters. The standard InChI is InChI=1S/C18H25N3O2/c19-4-8-21-13-14(3-7-20-5-1-2-6-20)15-11-17-18(12-16(15)21)23-10-9-22-17/h11-13H,1-10,19H2. The Hall–Kier alpha value is -1.72. The zero-order chi connectivity index (χ0) is 15.6. The summed E-state index contributed by atoms with van der Waals surface area (Å²) in [6.07, 6.45) is 6.02. The molecule has 2 aromatic rings. The average molecular weight is 315 g/mol. The zero-order valence-corrected chi connectivity index (χ0v) is 13.6. The second kappa shape index (κ2) is 6.42. The van der Waals surface area contributed by atoms with E-state index < -0.39 is 0 Å². The van der Waals surface area contributed by atoms with Gasteiger partial charge in [0.1, 0.15) is 13.2 Å². The van der Waals surface area contributed by atoms with Crippen LogP contribution in [0.15, 0.2) is 18.3 Å². The van der Waals surface area contributed by atoms with Crippen molar-refractivity contribution in [2.24, 2.45) is 5.73 Å². The van der Waals surface area contributed by atoms with Gasteiger partial charge in [0.25, 0.3) is 0 Å². The second-order valence-corrected chi connectivity index (χ2v) is 6.45. The summed E-state index contributed by atoms with van der Waals surface area (Å²) in [5.41, 5.74) is 8.38. The lowest BCUT2D eigenvalue weighted by atomic mass is 10.1. The molecule has 0 radical (unpaired) electrons. The fourth-order valence-electron chi connectivity index (χ4n) is 3.71. The summed E-state index contributed by atoms with van der Waals surface area (Å²) < 4.78 is 13.8. The highest BCUT2D eigenvalue weighted by Crippen LogP contribution is 2.36. The van der Waals surface area contributed by atoms with Gasteiger partial charge in [-0.25, -0.2) is 0 Å². The molecule has 124 valence electrons. The lowest BCUT2D eigenvalue weighted by Crippen LogP contribution is -2.21. The maximum absolute atomic E-state index is 5.79. The molecule has 23 heavy (non-hydrogen) atoms. The van der Waals surface area contributed by atoms with E-state index in [2.05, 4.69) is 27.8 Å². The number of fused-ring (bicyclic) bond motifs is 2. The molecule has 0 unspecified atom stereocenters. The van der Waals surface area contributed by atoms with Crippen molar-refractivity contribution in [3.8, 4) is 11.5 Å². The van der Waals surface area contributed by atoms with E-state index in [9.17, 15) is 0 Å². The number of aromatic nitrogens is 1. The molecule has 1 aromatic carbocycles. The van der Waals surface area contributed by atoms with E-state index in [1.165, 1.54) is 42.4 Å². The monoisotopic (exact) mass is 315 g/mol. The van der Waals surface area contributed by atoms with Crippen molar-refractivity contribution in [2.75, 3.05) is 39.4 Å². The van der Waals surface area contributed by atoms with Gasteiger partial charge >= 0.3 is 0 Å². The Morgan fingerprint density at radius 3 is 2.48 bits per heavy atom. The predicted octanol–water partition coefficient (Wildman–Crippen LogP) is 2.01. The van der Waals surface area contributed by atoms with E-state index in [1.54, 1.807) is 0 Å². The lowest BCUT2D eigenvalue weighted by molar-refractivity contribution is 0.172. The van der Waals surface area contributed by atoms with Crippen LogP contribution >= 0.6 is 0 Å². The number of hydrogen-bond acceptors (Lipinski definition) is 4. The molecule has 1 aromatic heterocycles. The number of ether oxygens (including phenoxy) is 2. The van der Waals surface area contributed by atoms with Gasteiger partial charge in [0.05, 0.1) is 5.52 Å². The van der Waals surface area contributed by atoms with Gasteiger partial charge in [0.15, 0.2) is 11.5 Å². The first kappa shape index (κ1) is 14.8. The molecule has 3 heterocycles. The topological polar surface area (TPSA) is 52.7 Å². The third-order valence-corrected chi connectivity index (χ3v) is 4.89. The van der Waals surface area contributed by atoms with Crippen molar-refractivity contribution < 1.29 is 9.47 Å². The highest BCUT2D eigenvalue weighted by Gasteiger charge is 2.18. The van der Waals surface area contributed by atoms with Gasteiger partial charge in [-0.1, -0.05) is 0 Å². The number of benzene rings is 1. The van der Waals surface area contributed by atoms with Crippen LogP contribution in [0.4, 0.5) is 0 Å². The number of nitrogens with zero attached hydrogens (tertiary/aromatic N) is 2. The molecule has 0 saturated carbocycles. The summed E-state index contributed by atoms with van der Waals surface area (Å²) in [6.45, 7) is 6.35. The van der Waals surface area contributed by atoms with Crippen molar-refractivity contribution in [1.29, 1.82) is 0 Å². The Labute approximate surface area is 136 Å². The molecule has 0 amide bonds. The van der Waals surface area contributed by atoms with Gasteiger partial charge in [0, 0.05) is 37.3 Å². The summed E-state index contributed by atoms with van der Waals surface area (Å²) in [6, 6.07) is 4.26. The van der Waals surface area contributed by atoms with Crippen molar-refractivity contribution in [1.82, 2.24) is 9.47 Å². The lowest BCUT2D eigenvalue weighted by Gasteiger charge is -2.19. The Kier molecular flexibility index (Phi) is 4.14. The quantitative estimate of drug-likeness (QED) is 0.917. The Morgan fingerprint density at radius 1 is 1.00 bits per heavy atom. The van der Waals surface area contributed by atoms with E-state index >= 15 is 0 Å². The molecule has 0 spiro atoms. The minimum Gasteiger partial charge on any atom is -0.486 e. The molecule has 2 N–H and O–H groups in total. The SMILES string of the molecule is NCCn1cc(CCN2CCCC2)c2cc3c(cc21)OCCO3. The molecule has 4 rings (SSSR count). The van der Waals surface area contributed by atoms with Gasteiger partial charge in [-0.15, -0.1) is 0 Å². The molecule has 2 aliphatic heterocycles. The first-order valence-corrected chi connectivity index (χ1v) is 8.69. The molecule has 0 aliphatic carbocycles. The zero-order valence-electron chi connectivity index (χ0n) is 13.6. The van der Waals surface area contributed by atoms with Crippen molar-refractivity contribution >= 4 is 10.9 Å². The molecular formula is C18H25N3O2. The first-order valence-electron chi connectivity index (χ1n) is 8.69. The third-order valence-electron chi connectivity index (χ3n) is 4.89. The maximum atomic E-state index is 5.79. The molecule has 5 heteroatoms. The van der Waals surface area contributed by atoms with Crippen LogP contribution in [-0.2, 0) is 13.0 Å². The Balaban J connectivity index is 1.67. The van der Waals surface area contributed by atoms with Gasteiger partial charge in [-0.2, -0.15) is 0 Å². The van der Waals surface area contributed by atoms with Crippen LogP contribution in [0.25, 0.3) is 10.9 Å². The van der Waals surface area contributed by atoms with Crippen molar-refractivity contribution in [3.63, 3.8) is 0 Å². The normalized spacial score (nSPS) is 18.0. The summed E-state index contributed by atoms with van der Waals surface area (Å²) in [5.74, 6) is 1.72. The van der Waals surface area contributed by atoms with Crippen LogP contribution in [-0.4, -0.2) is 48.9 Å². The molecule has 1 fully saturated rings. The summed E-state index contributed by atoms with van der Waals surface area (Å²) >= 11 is 0. The minimum atomic E-state index is 0.623. The maximum Gasteiger partial charge on any atom is 0.163 e. The molecule has 1 saturated heterocycles. The van der Waals surface area contributed by atoms with Crippen LogP contribution in [0.2, 0.25) is 0 Å². The highest BCUT2D eigenvalue weighted by molar-refractivity contribution is 5.87. The molecule has 5 nitrogen and oxygen atoms in total. The second-order valence-electron chi connectivity index (χ2n) is 6.45. The molecule has 2 aliphatic rings. The van der Waals surface area contributed by atoms with Gasteiger partial charge < -0.3 is 24.7 Å². The van der Waals surface area contributed by atoms with E-state index in [-0.39, 0.29) is 0 Å². The van der Waals surface area contributed by atoms with Crippen LogP contribution in [0, 0.1) is 0 Å². The summed E-state index contributed by atoms with van der Waals surface area (Å²) in [4.78, 5) is 2.56. The molecular weight excluding hydrogens is 290 g/mol. The third kappa shape index (κ3) is 2.91. The summed E-state index contributed by atoms with van der Waals surface area (Å²) in [7, 11) is 0. The smallest absolute Gasteiger partial charge is 0.163 e. The molecule has 0 bridgehead atoms. The van der Waals surface area contributed by atoms with E-state index in [0.29, 0.717) is 19.8 Å². The van der Waals surface area contributed by atoms with Crippen LogP contribution < -0.4 is 15.2 Å². The van der Waals surface area contributed by atoms with Gasteiger partial charge in [-0.05, 0) is 44.0 Å². The van der Waals surface area contributed by atoms with Crippen LogP contribution in [0.1, 0.15) is 18.4 Å². The fourth-order valence-corrected chi connectivity index (χ4v) is 3.71. The van der Waals surface area contributed by atoms with E-state index in [0.717, 1.165) is 31.0 Å². The first-order chi connectivity index (χ1) is 11.3. The largest absolute Gasteiger partial charge is 0.486 e. The van der Waals surface area contributed by atoms with Gasteiger partial charge in [-0.3, -0.25) is 0 Å². The highest BCUT2D eigenvalue weighted by atomic mass is 16.6. The van der Waals surface area contributed by atoms with Crippen molar-refractivity contribution in [2.45, 2.75) is 25.8 Å². The van der Waals surface area contributed by atoms with E-state index in [4.69, 9.17) is 15.2 Å². The Bertz CT molecular complexity index is 689. The van der Waals surface area contributed by atoms with Gasteiger partial charge in [0.2, 0.25) is 0 Å². The Morgan fingerprint density at radius 2 is 1.74 bits per heavy atom. The number of nitrogens with two attached hydrogens (primary N) is 1. The number of likely N-dealkylation sites (tertiary alicyclic amines) is 1. The van der Waals surface area contributed by atoms with E-state index in [1.807, 2.05) is 0 Å². The predicted molar refractivity (Wildman–Crippen MR) is 91.4 cm³/mol. The summed E-state index contributed by atoms with van der Waals surface area (Å²) in [5, 5.41) is 1.28. The fraction of sp³-hybridized carbons (Fsp3) is 0.556. The average Bonchev–Trinajstić information content (AvgIpc) is 3.20. The number of rotatable bonds is 5. The van der Waals surface area contributed by atoms with Crippen molar-refractivity contribution in [3.05, 3.63) is 23.9 Å². The van der Waals surface area contributed by atoms with Crippen LogP contribution in [0.3, 0.4) is 0 Å². The minimum absolute atomic E-state index is 0.623.